The molecule has 2 nitrogen and oxygen atoms in total. The van der Waals surface area contributed by atoms with Crippen molar-refractivity contribution < 1.29 is 9.84 Å². The van der Waals surface area contributed by atoms with Gasteiger partial charge in [-0.2, -0.15) is 0 Å². The monoisotopic (exact) mass is 198 g/mol. The Morgan fingerprint density at radius 3 is 2.79 bits per heavy atom. The highest BCUT2D eigenvalue weighted by molar-refractivity contribution is 4.96. The Labute approximate surface area is 86.6 Å². The number of hydrogen-bond donors (Lipinski definition) is 1. The summed E-state index contributed by atoms with van der Waals surface area (Å²) in [5.41, 5.74) is 0.304. The van der Waals surface area contributed by atoms with E-state index >= 15 is 0 Å². The first kappa shape index (κ1) is 10.4. The molecule has 2 heteroatoms. The highest BCUT2D eigenvalue weighted by Crippen LogP contribution is 2.52. The summed E-state index contributed by atoms with van der Waals surface area (Å²) in [6, 6.07) is 0. The van der Waals surface area contributed by atoms with Gasteiger partial charge in [-0.05, 0) is 50.9 Å². The molecule has 0 bridgehead atoms. The summed E-state index contributed by atoms with van der Waals surface area (Å²) in [7, 11) is 0. The van der Waals surface area contributed by atoms with Crippen LogP contribution in [0.1, 0.15) is 51.9 Å². The van der Waals surface area contributed by atoms with Crippen molar-refractivity contribution in [1.29, 1.82) is 0 Å². The molecule has 1 aliphatic heterocycles. The fraction of sp³-hybridized carbons (Fsp3) is 1.00. The molecule has 0 spiro atoms. The zero-order valence-electron chi connectivity index (χ0n) is 9.17. The number of aliphatic hydroxyl groups is 1. The zero-order chi connectivity index (χ0) is 10.0. The van der Waals surface area contributed by atoms with Gasteiger partial charge in [0.1, 0.15) is 0 Å². The van der Waals surface area contributed by atoms with Gasteiger partial charge in [0.05, 0.1) is 12.2 Å². The molecule has 0 radical (unpaired) electrons. The maximum atomic E-state index is 9.60. The van der Waals surface area contributed by atoms with Crippen LogP contribution in [-0.4, -0.2) is 23.9 Å². The molecular formula is C12H22O2. The van der Waals surface area contributed by atoms with Crippen LogP contribution in [0.2, 0.25) is 0 Å². The molecule has 2 unspecified atom stereocenters. The van der Waals surface area contributed by atoms with Crippen molar-refractivity contribution in [2.45, 2.75) is 64.1 Å². The van der Waals surface area contributed by atoms with Gasteiger partial charge in [-0.3, -0.25) is 0 Å². The molecule has 2 rings (SSSR count). The van der Waals surface area contributed by atoms with Crippen LogP contribution in [0.25, 0.3) is 0 Å². The van der Waals surface area contributed by atoms with E-state index < -0.39 is 0 Å². The lowest BCUT2D eigenvalue weighted by molar-refractivity contribution is 0.0834. The lowest BCUT2D eigenvalue weighted by Gasteiger charge is -2.19. The van der Waals surface area contributed by atoms with Crippen LogP contribution in [0.3, 0.4) is 0 Å². The third-order valence-electron chi connectivity index (χ3n) is 4.00. The Kier molecular flexibility index (Phi) is 3.13. The Morgan fingerprint density at radius 1 is 1.50 bits per heavy atom. The van der Waals surface area contributed by atoms with Crippen molar-refractivity contribution in [1.82, 2.24) is 0 Å². The predicted octanol–water partition coefficient (Wildman–Crippen LogP) is 2.50. The van der Waals surface area contributed by atoms with Crippen LogP contribution in [0.15, 0.2) is 0 Å². The molecule has 2 fully saturated rings. The molecule has 1 N–H and O–H groups in total. The van der Waals surface area contributed by atoms with Crippen LogP contribution in [-0.2, 0) is 4.74 Å². The van der Waals surface area contributed by atoms with Gasteiger partial charge in [-0.25, -0.2) is 0 Å². The van der Waals surface area contributed by atoms with Crippen molar-refractivity contribution in [3.05, 3.63) is 0 Å². The van der Waals surface area contributed by atoms with Gasteiger partial charge in [0.15, 0.2) is 0 Å². The van der Waals surface area contributed by atoms with Gasteiger partial charge in [0.2, 0.25) is 0 Å². The molecule has 1 saturated heterocycles. The summed E-state index contributed by atoms with van der Waals surface area (Å²) in [5.74, 6) is 0. The third kappa shape index (κ3) is 2.29. The summed E-state index contributed by atoms with van der Waals surface area (Å²) in [6.45, 7) is 2.91. The van der Waals surface area contributed by atoms with Crippen LogP contribution in [0, 0.1) is 5.41 Å². The first-order valence-electron chi connectivity index (χ1n) is 6.03. The Morgan fingerprint density at radius 2 is 2.29 bits per heavy atom. The lowest BCUT2D eigenvalue weighted by Crippen LogP contribution is -2.18. The van der Waals surface area contributed by atoms with Crippen molar-refractivity contribution >= 4 is 0 Å². The Bertz CT molecular complexity index is 179. The minimum atomic E-state index is -0.105. The van der Waals surface area contributed by atoms with E-state index in [1.165, 1.54) is 44.9 Å². The zero-order valence-corrected chi connectivity index (χ0v) is 9.17. The Balaban J connectivity index is 1.62. The van der Waals surface area contributed by atoms with Gasteiger partial charge in [-0.15, -0.1) is 0 Å². The van der Waals surface area contributed by atoms with Gasteiger partial charge in [-0.1, -0.05) is 6.42 Å². The molecule has 0 amide bonds. The molecule has 1 aliphatic carbocycles. The van der Waals surface area contributed by atoms with Crippen LogP contribution in [0.5, 0.6) is 0 Å². The molecular weight excluding hydrogens is 176 g/mol. The van der Waals surface area contributed by atoms with Gasteiger partial charge >= 0.3 is 0 Å². The average molecular weight is 198 g/mol. The van der Waals surface area contributed by atoms with E-state index in [2.05, 4.69) is 0 Å². The fourth-order valence-electron chi connectivity index (χ4n) is 2.59. The fourth-order valence-corrected chi connectivity index (χ4v) is 2.59. The molecule has 0 aromatic carbocycles. The van der Waals surface area contributed by atoms with Gasteiger partial charge in [0, 0.05) is 6.61 Å². The standard InChI is InChI=1S/C12H22O2/c1-10(13)12(7-8-12)6-2-4-11-5-3-9-14-11/h10-11,13H,2-9H2,1H3. The van der Waals surface area contributed by atoms with E-state index in [9.17, 15) is 5.11 Å². The summed E-state index contributed by atoms with van der Waals surface area (Å²) >= 11 is 0. The second-order valence-electron chi connectivity index (χ2n) is 5.07. The summed E-state index contributed by atoms with van der Waals surface area (Å²) in [6.07, 6.45) is 9.02. The molecule has 1 heterocycles. The van der Waals surface area contributed by atoms with Crippen molar-refractivity contribution in [3.63, 3.8) is 0 Å². The first-order valence-corrected chi connectivity index (χ1v) is 6.03. The smallest absolute Gasteiger partial charge is 0.0576 e. The summed E-state index contributed by atoms with van der Waals surface area (Å²) in [5, 5.41) is 9.60. The number of aliphatic hydroxyl groups excluding tert-OH is 1. The highest BCUT2D eigenvalue weighted by atomic mass is 16.5. The van der Waals surface area contributed by atoms with E-state index in [-0.39, 0.29) is 6.10 Å². The summed E-state index contributed by atoms with van der Waals surface area (Å²) in [4.78, 5) is 0. The topological polar surface area (TPSA) is 29.5 Å². The van der Waals surface area contributed by atoms with E-state index in [0.717, 1.165) is 6.61 Å². The van der Waals surface area contributed by atoms with Crippen LogP contribution >= 0.6 is 0 Å². The lowest BCUT2D eigenvalue weighted by atomic mass is 9.92. The molecule has 0 aromatic rings. The van der Waals surface area contributed by atoms with E-state index in [4.69, 9.17) is 4.74 Å². The molecule has 1 saturated carbocycles. The molecule has 2 atom stereocenters. The van der Waals surface area contributed by atoms with E-state index in [1.807, 2.05) is 6.92 Å². The Hall–Kier alpha value is -0.0800. The first-order chi connectivity index (χ1) is 6.73. The number of rotatable bonds is 5. The van der Waals surface area contributed by atoms with Crippen molar-refractivity contribution in [3.8, 4) is 0 Å². The van der Waals surface area contributed by atoms with E-state index in [1.54, 1.807) is 0 Å². The van der Waals surface area contributed by atoms with Gasteiger partial charge in [0.25, 0.3) is 0 Å². The second kappa shape index (κ2) is 4.19. The third-order valence-corrected chi connectivity index (χ3v) is 4.00. The number of ether oxygens (including phenoxy) is 1. The minimum Gasteiger partial charge on any atom is -0.393 e. The largest absolute Gasteiger partial charge is 0.393 e. The SMILES string of the molecule is CC(O)C1(CCCC2CCCO2)CC1. The average Bonchev–Trinajstić information content (AvgIpc) is 2.76. The predicted molar refractivity (Wildman–Crippen MR) is 56.2 cm³/mol. The number of hydrogen-bond acceptors (Lipinski definition) is 2. The quantitative estimate of drug-likeness (QED) is 0.735. The second-order valence-corrected chi connectivity index (χ2v) is 5.07. The maximum absolute atomic E-state index is 9.60. The molecule has 0 aromatic heterocycles. The van der Waals surface area contributed by atoms with Crippen LogP contribution in [0.4, 0.5) is 0 Å². The van der Waals surface area contributed by atoms with Crippen molar-refractivity contribution in [2.75, 3.05) is 6.61 Å². The van der Waals surface area contributed by atoms with Crippen molar-refractivity contribution in [2.24, 2.45) is 5.41 Å². The molecule has 82 valence electrons. The molecule has 2 aliphatic rings. The van der Waals surface area contributed by atoms with Gasteiger partial charge < -0.3 is 9.84 Å². The highest BCUT2D eigenvalue weighted by Gasteiger charge is 2.45. The van der Waals surface area contributed by atoms with E-state index in [0.29, 0.717) is 11.5 Å². The minimum absolute atomic E-state index is 0.105. The molecule has 14 heavy (non-hydrogen) atoms. The van der Waals surface area contributed by atoms with Crippen LogP contribution < -0.4 is 0 Å². The summed E-state index contributed by atoms with van der Waals surface area (Å²) < 4.78 is 5.59. The normalized spacial score (nSPS) is 31.7. The maximum Gasteiger partial charge on any atom is 0.0576 e.